The van der Waals surface area contributed by atoms with Crippen LogP contribution in [0.2, 0.25) is 0 Å². The number of aromatic nitrogens is 4. The van der Waals surface area contributed by atoms with Gasteiger partial charge in [-0.15, -0.1) is 0 Å². The fraction of sp³-hybridized carbons (Fsp3) is 0.571. The summed E-state index contributed by atoms with van der Waals surface area (Å²) in [4.78, 5) is 35.9. The lowest BCUT2D eigenvalue weighted by Crippen LogP contribution is -2.50. The predicted octanol–water partition coefficient (Wildman–Crippen LogP) is 2.62. The Morgan fingerprint density at radius 3 is 2.34 bits per heavy atom. The zero-order valence-electron chi connectivity index (χ0n) is 18.8. The average molecular weight is 501 g/mol. The molecule has 0 spiro atoms. The Kier molecular flexibility index (Phi) is 6.64. The van der Waals surface area contributed by atoms with Gasteiger partial charge in [-0.3, -0.25) is 9.59 Å². The number of amides is 1. The Labute approximate surface area is 196 Å². The summed E-state index contributed by atoms with van der Waals surface area (Å²) in [7, 11) is 0. The van der Waals surface area contributed by atoms with Gasteiger partial charge >= 0.3 is 6.18 Å². The number of carbonyl (C=O) groups excluding carboxylic acids is 1. The van der Waals surface area contributed by atoms with E-state index >= 15 is 0 Å². The number of hydrogen-bond donors (Lipinski definition) is 2. The zero-order valence-corrected chi connectivity index (χ0v) is 18.8. The van der Waals surface area contributed by atoms with E-state index in [9.17, 15) is 31.5 Å². The van der Waals surface area contributed by atoms with Gasteiger partial charge in [-0.2, -0.15) is 18.3 Å². The van der Waals surface area contributed by atoms with Gasteiger partial charge in [0.25, 0.3) is 11.5 Å². The molecule has 1 aliphatic carbocycles. The summed E-state index contributed by atoms with van der Waals surface area (Å²) in [5.74, 6) is -3.13. The highest BCUT2D eigenvalue weighted by Crippen LogP contribution is 2.32. The molecule has 14 heteroatoms. The van der Waals surface area contributed by atoms with Gasteiger partial charge in [-0.05, 0) is 19.3 Å². The van der Waals surface area contributed by atoms with Crippen LogP contribution in [-0.2, 0) is 16.9 Å². The first-order chi connectivity index (χ1) is 16.4. The fourth-order valence-corrected chi connectivity index (χ4v) is 4.33. The molecule has 0 aromatic carbocycles. The summed E-state index contributed by atoms with van der Waals surface area (Å²) in [5.41, 5.74) is -2.92. The molecular formula is C21H24F5N7O2. The van der Waals surface area contributed by atoms with Gasteiger partial charge in [0.1, 0.15) is 11.4 Å². The molecule has 1 saturated carbocycles. The van der Waals surface area contributed by atoms with Crippen LogP contribution in [0, 0.1) is 5.92 Å². The predicted molar refractivity (Wildman–Crippen MR) is 115 cm³/mol. The third-order valence-corrected chi connectivity index (χ3v) is 6.26. The molecule has 3 heterocycles. The van der Waals surface area contributed by atoms with Crippen LogP contribution in [0.3, 0.4) is 0 Å². The quantitative estimate of drug-likeness (QED) is 0.607. The molecule has 1 saturated heterocycles. The smallest absolute Gasteiger partial charge is 0.366 e. The molecule has 1 aliphatic heterocycles. The molecule has 2 N–H and O–H groups in total. The summed E-state index contributed by atoms with van der Waals surface area (Å²) < 4.78 is 65.5. The fourth-order valence-electron chi connectivity index (χ4n) is 4.33. The molecule has 9 nitrogen and oxygen atoms in total. The molecule has 0 unspecified atom stereocenters. The maximum absolute atomic E-state index is 13.3. The van der Waals surface area contributed by atoms with Crippen molar-refractivity contribution in [2.24, 2.45) is 5.92 Å². The second kappa shape index (κ2) is 9.38. The molecule has 2 aromatic heterocycles. The number of nitrogens with one attached hydrogen (secondary N) is 2. The Hall–Kier alpha value is -3.32. The molecule has 1 amide bonds. The minimum Gasteiger partial charge on any atom is -0.366 e. The van der Waals surface area contributed by atoms with E-state index in [2.05, 4.69) is 20.4 Å². The number of H-pyrrole nitrogens is 1. The molecule has 2 fully saturated rings. The molecule has 35 heavy (non-hydrogen) atoms. The van der Waals surface area contributed by atoms with Gasteiger partial charge in [-0.1, -0.05) is 0 Å². The zero-order chi connectivity index (χ0) is 25.4. The second-order valence-corrected chi connectivity index (χ2v) is 8.82. The largest absolute Gasteiger partial charge is 0.421 e. The normalized spacial score (nSPS) is 21.3. The number of nitrogens with zero attached hydrogens (tertiary/aromatic N) is 5. The van der Waals surface area contributed by atoms with Crippen molar-refractivity contribution in [2.75, 3.05) is 36.4 Å². The highest BCUT2D eigenvalue weighted by molar-refractivity contribution is 5.79. The van der Waals surface area contributed by atoms with Crippen molar-refractivity contribution >= 4 is 17.7 Å². The van der Waals surface area contributed by atoms with Crippen molar-refractivity contribution in [1.82, 2.24) is 25.1 Å². The van der Waals surface area contributed by atoms with Crippen LogP contribution < -0.4 is 15.8 Å². The van der Waals surface area contributed by atoms with Gasteiger partial charge in [0, 0.05) is 63.5 Å². The van der Waals surface area contributed by atoms with Crippen LogP contribution in [-0.4, -0.2) is 63.2 Å². The van der Waals surface area contributed by atoms with E-state index in [1.807, 2.05) is 10.00 Å². The maximum atomic E-state index is 13.3. The van der Waals surface area contributed by atoms with Crippen molar-refractivity contribution in [1.29, 1.82) is 0 Å². The van der Waals surface area contributed by atoms with Crippen LogP contribution in [0.15, 0.2) is 23.3 Å². The lowest BCUT2D eigenvalue weighted by molar-refractivity contribution is -0.138. The van der Waals surface area contributed by atoms with Crippen LogP contribution in [0.5, 0.6) is 0 Å². The number of aromatic amines is 1. The number of alkyl halides is 5. The van der Waals surface area contributed by atoms with E-state index in [0.717, 1.165) is 19.3 Å². The second-order valence-electron chi connectivity index (χ2n) is 8.82. The standard InChI is InChI=1S/C21H24F5N7O2/c1-20(22,23)13-10-27-19(28-11-13)33-6-4-32(5-7-33)18(35)12-2-3-14(8-12)29-16-9-15(21(24,25)26)17(34)31-30-16/h9-12,14H,2-8H2,1H3,(H,29,30)(H,31,34)/t12-,14-/m0/s1. The van der Waals surface area contributed by atoms with Crippen molar-refractivity contribution < 1.29 is 26.7 Å². The monoisotopic (exact) mass is 501 g/mol. The van der Waals surface area contributed by atoms with Crippen molar-refractivity contribution in [2.45, 2.75) is 44.3 Å². The first kappa shape index (κ1) is 24.8. The molecule has 0 radical (unpaired) electrons. The van der Waals surface area contributed by atoms with Gasteiger partial charge in [0.15, 0.2) is 0 Å². The van der Waals surface area contributed by atoms with E-state index in [4.69, 9.17) is 0 Å². The Bertz CT molecular complexity index is 1110. The highest BCUT2D eigenvalue weighted by Gasteiger charge is 2.37. The summed E-state index contributed by atoms with van der Waals surface area (Å²) in [6.07, 6.45) is -1.03. The third-order valence-electron chi connectivity index (χ3n) is 6.26. The molecule has 4 rings (SSSR count). The lowest BCUT2D eigenvalue weighted by atomic mass is 10.1. The summed E-state index contributed by atoms with van der Waals surface area (Å²) in [5, 5.41) is 8.36. The molecular weight excluding hydrogens is 477 g/mol. The van der Waals surface area contributed by atoms with E-state index in [1.165, 1.54) is 0 Å². The number of hydrogen-bond acceptors (Lipinski definition) is 7. The van der Waals surface area contributed by atoms with Gasteiger partial charge < -0.3 is 15.1 Å². The number of piperazine rings is 1. The molecule has 2 atom stereocenters. The van der Waals surface area contributed by atoms with Crippen molar-refractivity contribution in [3.8, 4) is 0 Å². The maximum Gasteiger partial charge on any atom is 0.421 e. The van der Waals surface area contributed by atoms with Gasteiger partial charge in [0.2, 0.25) is 11.9 Å². The first-order valence-electron chi connectivity index (χ1n) is 11.1. The SMILES string of the molecule is CC(F)(F)c1cnc(N2CCN(C(=O)[C@H]3CC[C@H](Nc4cc(C(F)(F)F)c(=O)[nH]n4)C3)CC2)nc1. The summed E-state index contributed by atoms with van der Waals surface area (Å²) in [6.45, 7) is 2.50. The first-order valence-corrected chi connectivity index (χ1v) is 11.1. The number of anilines is 2. The van der Waals surface area contributed by atoms with E-state index in [-0.39, 0.29) is 29.2 Å². The minimum absolute atomic E-state index is 0.0405. The number of carbonyl (C=O) groups is 1. The molecule has 2 aromatic rings. The van der Waals surface area contributed by atoms with Crippen LogP contribution in [0.1, 0.15) is 37.3 Å². The van der Waals surface area contributed by atoms with Gasteiger partial charge in [0.05, 0.1) is 5.56 Å². The van der Waals surface area contributed by atoms with Crippen LogP contribution >= 0.6 is 0 Å². The molecule has 0 bridgehead atoms. The van der Waals surface area contributed by atoms with Crippen molar-refractivity contribution in [3.05, 3.63) is 39.9 Å². The van der Waals surface area contributed by atoms with Crippen molar-refractivity contribution in [3.63, 3.8) is 0 Å². The average Bonchev–Trinajstić information content (AvgIpc) is 3.27. The van der Waals surface area contributed by atoms with Gasteiger partial charge in [-0.25, -0.2) is 23.8 Å². The van der Waals surface area contributed by atoms with E-state index in [0.29, 0.717) is 57.5 Å². The summed E-state index contributed by atoms with van der Waals surface area (Å²) in [6, 6.07) is 0.414. The molecule has 190 valence electrons. The topological polar surface area (TPSA) is 107 Å². The van der Waals surface area contributed by atoms with Crippen LogP contribution in [0.25, 0.3) is 0 Å². The third kappa shape index (κ3) is 5.68. The summed E-state index contributed by atoms with van der Waals surface area (Å²) >= 11 is 0. The van der Waals surface area contributed by atoms with E-state index in [1.54, 1.807) is 4.90 Å². The number of halogens is 5. The molecule has 2 aliphatic rings. The Balaban J connectivity index is 1.30. The minimum atomic E-state index is -4.79. The van der Waals surface area contributed by atoms with Crippen LogP contribution in [0.4, 0.5) is 33.7 Å². The number of rotatable bonds is 5. The highest BCUT2D eigenvalue weighted by atomic mass is 19.4. The lowest BCUT2D eigenvalue weighted by Gasteiger charge is -2.36. The van der Waals surface area contributed by atoms with E-state index < -0.39 is 23.2 Å². The Morgan fingerprint density at radius 1 is 1.09 bits per heavy atom. The Morgan fingerprint density at radius 2 is 1.74 bits per heavy atom.